The van der Waals surface area contributed by atoms with Gasteiger partial charge in [-0.2, -0.15) is 10.4 Å². The van der Waals surface area contributed by atoms with Crippen LogP contribution in [0.1, 0.15) is 17.0 Å². The summed E-state index contributed by atoms with van der Waals surface area (Å²) in [5.41, 5.74) is 4.20. The zero-order valence-corrected chi connectivity index (χ0v) is 9.44. The highest BCUT2D eigenvalue weighted by Gasteiger charge is 2.03. The number of aryl methyl sites for hydroxylation is 2. The fraction of sp³-hybridized carbons (Fsp3) is 0.231. The summed E-state index contributed by atoms with van der Waals surface area (Å²) in [5.74, 6) is 0. The highest BCUT2D eigenvalue weighted by molar-refractivity contribution is 5.36. The fourth-order valence-electron chi connectivity index (χ4n) is 1.74. The van der Waals surface area contributed by atoms with Crippen LogP contribution in [0.25, 0.3) is 5.69 Å². The van der Waals surface area contributed by atoms with Crippen LogP contribution in [-0.2, 0) is 6.42 Å². The van der Waals surface area contributed by atoms with Crippen molar-refractivity contribution in [1.82, 2.24) is 9.78 Å². The summed E-state index contributed by atoms with van der Waals surface area (Å²) in [4.78, 5) is 0. The maximum absolute atomic E-state index is 8.59. The van der Waals surface area contributed by atoms with E-state index >= 15 is 0 Å². The summed E-state index contributed by atoms with van der Waals surface area (Å²) in [6.07, 6.45) is 0.456. The Kier molecular flexibility index (Phi) is 2.74. The number of hydrogen-bond acceptors (Lipinski definition) is 2. The van der Waals surface area contributed by atoms with E-state index in [9.17, 15) is 0 Å². The van der Waals surface area contributed by atoms with Gasteiger partial charge in [-0.3, -0.25) is 0 Å². The summed E-state index contributed by atoms with van der Waals surface area (Å²) in [7, 11) is 0. The lowest BCUT2D eigenvalue weighted by Crippen LogP contribution is -1.98. The molecule has 0 atom stereocenters. The van der Waals surface area contributed by atoms with Gasteiger partial charge in [-0.05, 0) is 37.6 Å². The van der Waals surface area contributed by atoms with Crippen molar-refractivity contribution < 1.29 is 0 Å². The molecule has 0 amide bonds. The van der Waals surface area contributed by atoms with E-state index in [4.69, 9.17) is 5.26 Å². The Bertz CT molecular complexity index is 529. The molecule has 3 heteroatoms. The molecule has 1 heterocycles. The van der Waals surface area contributed by atoms with Crippen molar-refractivity contribution >= 4 is 0 Å². The molecule has 0 saturated heterocycles. The van der Waals surface area contributed by atoms with Crippen LogP contribution < -0.4 is 0 Å². The topological polar surface area (TPSA) is 41.6 Å². The molecule has 0 radical (unpaired) electrons. The molecule has 16 heavy (non-hydrogen) atoms. The van der Waals surface area contributed by atoms with Crippen LogP contribution >= 0.6 is 0 Å². The van der Waals surface area contributed by atoms with E-state index in [0.717, 1.165) is 22.6 Å². The SMILES string of the molecule is Cc1cc(C)n(-c2ccc(CC#N)cc2)n1. The Balaban J connectivity index is 2.35. The number of rotatable bonds is 2. The molecule has 2 aromatic rings. The Morgan fingerprint density at radius 3 is 2.44 bits per heavy atom. The van der Waals surface area contributed by atoms with Crippen molar-refractivity contribution in [3.63, 3.8) is 0 Å². The van der Waals surface area contributed by atoms with Crippen LogP contribution in [0.4, 0.5) is 0 Å². The van der Waals surface area contributed by atoms with Gasteiger partial charge in [0.1, 0.15) is 0 Å². The first-order chi connectivity index (χ1) is 7.70. The van der Waals surface area contributed by atoms with Gasteiger partial charge < -0.3 is 0 Å². The van der Waals surface area contributed by atoms with Crippen molar-refractivity contribution in [2.24, 2.45) is 0 Å². The molecule has 3 nitrogen and oxygen atoms in total. The molecule has 0 spiro atoms. The van der Waals surface area contributed by atoms with Crippen molar-refractivity contribution in [3.05, 3.63) is 47.3 Å². The van der Waals surface area contributed by atoms with Crippen molar-refractivity contribution in [2.45, 2.75) is 20.3 Å². The average Bonchev–Trinajstić information content (AvgIpc) is 2.59. The lowest BCUT2D eigenvalue weighted by Gasteiger charge is -2.04. The second kappa shape index (κ2) is 4.19. The largest absolute Gasteiger partial charge is 0.238 e. The summed E-state index contributed by atoms with van der Waals surface area (Å²) < 4.78 is 1.91. The highest BCUT2D eigenvalue weighted by Crippen LogP contribution is 2.13. The smallest absolute Gasteiger partial charge is 0.0669 e. The monoisotopic (exact) mass is 211 g/mol. The molecule has 0 aliphatic rings. The number of nitriles is 1. The van der Waals surface area contributed by atoms with Crippen LogP contribution in [0, 0.1) is 25.2 Å². The normalized spacial score (nSPS) is 10.1. The lowest BCUT2D eigenvalue weighted by molar-refractivity contribution is 0.833. The van der Waals surface area contributed by atoms with Gasteiger partial charge in [0, 0.05) is 5.69 Å². The van der Waals surface area contributed by atoms with Crippen molar-refractivity contribution in [3.8, 4) is 11.8 Å². The van der Waals surface area contributed by atoms with Gasteiger partial charge in [-0.1, -0.05) is 12.1 Å². The van der Waals surface area contributed by atoms with E-state index in [1.165, 1.54) is 0 Å². The quantitative estimate of drug-likeness (QED) is 0.766. The van der Waals surface area contributed by atoms with Crippen LogP contribution in [-0.4, -0.2) is 9.78 Å². The molecule has 1 aromatic heterocycles. The third-order valence-corrected chi connectivity index (χ3v) is 2.47. The lowest BCUT2D eigenvalue weighted by atomic mass is 10.1. The van der Waals surface area contributed by atoms with Crippen LogP contribution in [0.5, 0.6) is 0 Å². The number of benzene rings is 1. The molecular formula is C13H13N3. The number of nitrogens with zero attached hydrogens (tertiary/aromatic N) is 3. The summed E-state index contributed by atoms with van der Waals surface area (Å²) in [6, 6.07) is 12.1. The van der Waals surface area contributed by atoms with E-state index in [-0.39, 0.29) is 0 Å². The van der Waals surface area contributed by atoms with Crippen molar-refractivity contribution in [1.29, 1.82) is 5.26 Å². The molecule has 0 saturated carbocycles. The van der Waals surface area contributed by atoms with Crippen LogP contribution in [0.15, 0.2) is 30.3 Å². The van der Waals surface area contributed by atoms with Crippen molar-refractivity contribution in [2.75, 3.05) is 0 Å². The average molecular weight is 211 g/mol. The minimum absolute atomic E-state index is 0.456. The van der Waals surface area contributed by atoms with Gasteiger partial charge in [0.25, 0.3) is 0 Å². The minimum Gasteiger partial charge on any atom is -0.238 e. The molecular weight excluding hydrogens is 198 g/mol. The molecule has 0 fully saturated rings. The molecule has 0 N–H and O–H groups in total. The second-order valence-electron chi connectivity index (χ2n) is 3.84. The Labute approximate surface area is 94.9 Å². The molecule has 0 aliphatic carbocycles. The number of hydrogen-bond donors (Lipinski definition) is 0. The van der Waals surface area contributed by atoms with E-state index in [2.05, 4.69) is 11.2 Å². The van der Waals surface area contributed by atoms with Gasteiger partial charge in [-0.15, -0.1) is 0 Å². The summed E-state index contributed by atoms with van der Waals surface area (Å²) in [5, 5.41) is 13.0. The zero-order chi connectivity index (χ0) is 11.5. The Morgan fingerprint density at radius 2 is 1.94 bits per heavy atom. The zero-order valence-electron chi connectivity index (χ0n) is 9.44. The Hall–Kier alpha value is -2.08. The van der Waals surface area contributed by atoms with E-state index in [1.807, 2.05) is 48.9 Å². The maximum Gasteiger partial charge on any atom is 0.0669 e. The standard InChI is InChI=1S/C13H13N3/c1-10-9-11(2)16(15-10)13-5-3-12(4-6-13)7-8-14/h3-6,9H,7H2,1-2H3. The number of aromatic nitrogens is 2. The maximum atomic E-state index is 8.59. The first-order valence-electron chi connectivity index (χ1n) is 5.20. The van der Waals surface area contributed by atoms with Gasteiger partial charge in [0.2, 0.25) is 0 Å². The molecule has 1 aromatic carbocycles. The molecule has 2 rings (SSSR count). The predicted octanol–water partition coefficient (Wildman–Crippen LogP) is 2.56. The Morgan fingerprint density at radius 1 is 1.25 bits per heavy atom. The summed E-state index contributed by atoms with van der Waals surface area (Å²) >= 11 is 0. The summed E-state index contributed by atoms with van der Waals surface area (Å²) in [6.45, 7) is 4.01. The van der Waals surface area contributed by atoms with Crippen LogP contribution in [0.3, 0.4) is 0 Å². The van der Waals surface area contributed by atoms with Gasteiger partial charge in [-0.25, -0.2) is 4.68 Å². The molecule has 0 unspecified atom stereocenters. The third-order valence-electron chi connectivity index (χ3n) is 2.47. The predicted molar refractivity (Wildman–Crippen MR) is 62.4 cm³/mol. The first-order valence-corrected chi connectivity index (χ1v) is 5.20. The van der Waals surface area contributed by atoms with E-state index in [1.54, 1.807) is 0 Å². The van der Waals surface area contributed by atoms with Gasteiger partial charge in [0.15, 0.2) is 0 Å². The highest BCUT2D eigenvalue weighted by atomic mass is 15.3. The second-order valence-corrected chi connectivity index (χ2v) is 3.84. The third kappa shape index (κ3) is 1.96. The van der Waals surface area contributed by atoms with Crippen LogP contribution in [0.2, 0.25) is 0 Å². The minimum atomic E-state index is 0.456. The fourth-order valence-corrected chi connectivity index (χ4v) is 1.74. The first kappa shape index (κ1) is 10.4. The molecule has 80 valence electrons. The van der Waals surface area contributed by atoms with Gasteiger partial charge in [0.05, 0.1) is 23.9 Å². The molecule has 0 aliphatic heterocycles. The van der Waals surface area contributed by atoms with Gasteiger partial charge >= 0.3 is 0 Å². The van der Waals surface area contributed by atoms with E-state index < -0.39 is 0 Å². The molecule has 0 bridgehead atoms. The van der Waals surface area contributed by atoms with E-state index in [0.29, 0.717) is 6.42 Å².